The Hall–Kier alpha value is -4.84. The molecule has 37 heavy (non-hydrogen) atoms. The van der Waals surface area contributed by atoms with Crippen molar-refractivity contribution in [2.75, 3.05) is 6.61 Å². The summed E-state index contributed by atoms with van der Waals surface area (Å²) in [6.45, 7) is 6.04. The molecule has 9 nitrogen and oxygen atoms in total. The monoisotopic (exact) mass is 499 g/mol. The van der Waals surface area contributed by atoms with Gasteiger partial charge in [-0.15, -0.1) is 0 Å². The minimum Gasteiger partial charge on any atom is -0.482 e. The summed E-state index contributed by atoms with van der Waals surface area (Å²) in [6, 6.07) is 20.2. The number of fused-ring (bicyclic) bond motifs is 1. The minimum absolute atomic E-state index is 0.00997. The lowest BCUT2D eigenvalue weighted by molar-refractivity contribution is -0.384. The van der Waals surface area contributed by atoms with Gasteiger partial charge >= 0.3 is 5.97 Å². The molecular formula is C28H25N3O6. The quantitative estimate of drug-likeness (QED) is 0.214. The number of rotatable bonds is 6. The average Bonchev–Trinajstić information content (AvgIpc) is 2.86. The summed E-state index contributed by atoms with van der Waals surface area (Å²) < 4.78 is 16.6. The summed E-state index contributed by atoms with van der Waals surface area (Å²) in [7, 11) is 0. The Labute approximate surface area is 213 Å². The van der Waals surface area contributed by atoms with Crippen molar-refractivity contribution >= 4 is 11.7 Å². The van der Waals surface area contributed by atoms with E-state index in [2.05, 4.69) is 26.8 Å². The average molecular weight is 500 g/mol. The van der Waals surface area contributed by atoms with Crippen LogP contribution in [0.25, 0.3) is 0 Å². The molecule has 0 amide bonds. The number of carbonyl (C=O) groups is 1. The minimum atomic E-state index is -0.608. The molecule has 4 rings (SSSR count). The third kappa shape index (κ3) is 5.54. The number of nitrogens with two attached hydrogens (primary N) is 1. The molecular weight excluding hydrogens is 474 g/mol. The smallest absolute Gasteiger partial charge is 0.349 e. The van der Waals surface area contributed by atoms with E-state index in [4.69, 9.17) is 19.9 Å². The van der Waals surface area contributed by atoms with Crippen molar-refractivity contribution in [2.45, 2.75) is 32.1 Å². The van der Waals surface area contributed by atoms with Gasteiger partial charge in [-0.2, -0.15) is 5.26 Å². The van der Waals surface area contributed by atoms with E-state index in [0.717, 1.165) is 5.56 Å². The van der Waals surface area contributed by atoms with Gasteiger partial charge in [0.2, 0.25) is 5.88 Å². The number of hydrogen-bond acceptors (Lipinski definition) is 8. The summed E-state index contributed by atoms with van der Waals surface area (Å²) in [5.74, 6) is -0.229. The molecule has 3 aromatic carbocycles. The van der Waals surface area contributed by atoms with Gasteiger partial charge in [-0.1, -0.05) is 51.1 Å². The van der Waals surface area contributed by atoms with E-state index in [-0.39, 0.29) is 34.9 Å². The van der Waals surface area contributed by atoms with Gasteiger partial charge in [0, 0.05) is 23.8 Å². The Morgan fingerprint density at radius 3 is 2.32 bits per heavy atom. The van der Waals surface area contributed by atoms with Crippen molar-refractivity contribution in [3.63, 3.8) is 0 Å². The van der Waals surface area contributed by atoms with Crippen molar-refractivity contribution in [3.05, 3.63) is 105 Å². The number of carbonyl (C=O) groups excluding carboxylic acids is 1. The molecule has 1 aliphatic heterocycles. The van der Waals surface area contributed by atoms with Crippen LogP contribution in [0.3, 0.4) is 0 Å². The number of ether oxygens (including phenoxy) is 3. The number of nitro benzene ring substituents is 1. The van der Waals surface area contributed by atoms with Crippen LogP contribution in [0.2, 0.25) is 0 Å². The summed E-state index contributed by atoms with van der Waals surface area (Å²) in [4.78, 5) is 22.9. The highest BCUT2D eigenvalue weighted by atomic mass is 16.6. The molecule has 0 saturated heterocycles. The lowest BCUT2D eigenvalue weighted by Gasteiger charge is -2.26. The van der Waals surface area contributed by atoms with Gasteiger partial charge < -0.3 is 19.9 Å². The predicted molar refractivity (Wildman–Crippen MR) is 135 cm³/mol. The van der Waals surface area contributed by atoms with Gasteiger partial charge in [0.25, 0.3) is 5.69 Å². The normalized spacial score (nSPS) is 14.7. The van der Waals surface area contributed by atoms with E-state index in [1.165, 1.54) is 18.2 Å². The first-order valence-corrected chi connectivity index (χ1v) is 11.5. The van der Waals surface area contributed by atoms with Crippen LogP contribution in [0.15, 0.2) is 78.2 Å². The summed E-state index contributed by atoms with van der Waals surface area (Å²) in [5, 5.41) is 20.7. The molecule has 0 fully saturated rings. The van der Waals surface area contributed by atoms with Crippen LogP contribution in [-0.2, 0) is 10.2 Å². The second-order valence-electron chi connectivity index (χ2n) is 9.51. The fourth-order valence-corrected chi connectivity index (χ4v) is 3.98. The highest BCUT2D eigenvalue weighted by Gasteiger charge is 2.31. The first-order chi connectivity index (χ1) is 17.6. The molecule has 188 valence electrons. The van der Waals surface area contributed by atoms with E-state index >= 15 is 0 Å². The number of allylic oxidation sites excluding steroid dienone is 1. The predicted octanol–water partition coefficient (Wildman–Crippen LogP) is 5.09. The molecule has 0 radical (unpaired) electrons. The summed E-state index contributed by atoms with van der Waals surface area (Å²) in [5.41, 5.74) is 8.51. The Kier molecular flexibility index (Phi) is 6.85. The van der Waals surface area contributed by atoms with Crippen molar-refractivity contribution in [1.29, 1.82) is 5.26 Å². The van der Waals surface area contributed by atoms with Crippen molar-refractivity contribution < 1.29 is 23.9 Å². The van der Waals surface area contributed by atoms with Crippen LogP contribution >= 0.6 is 0 Å². The lowest BCUT2D eigenvalue weighted by atomic mass is 9.83. The van der Waals surface area contributed by atoms with E-state index in [1.54, 1.807) is 36.4 Å². The standard InChI is InChI=1S/C28H25N3O6/c1-28(2,3)18-6-10-20(11-7-18)35-16-25(32)36-21-12-13-22-24(14-21)37-27(30)23(15-29)26(22)17-4-8-19(9-5-17)31(33)34/h4-14,26H,16,30H2,1-3H3. The third-order valence-electron chi connectivity index (χ3n) is 5.94. The molecule has 1 atom stereocenters. The van der Waals surface area contributed by atoms with Crippen LogP contribution < -0.4 is 19.9 Å². The zero-order valence-corrected chi connectivity index (χ0v) is 20.6. The first kappa shape index (κ1) is 25.3. The lowest BCUT2D eigenvalue weighted by Crippen LogP contribution is -2.21. The van der Waals surface area contributed by atoms with Gasteiger partial charge in [0.05, 0.1) is 10.8 Å². The van der Waals surface area contributed by atoms with E-state index in [9.17, 15) is 20.2 Å². The zero-order valence-electron chi connectivity index (χ0n) is 20.6. The topological polar surface area (TPSA) is 138 Å². The molecule has 0 bridgehead atoms. The Morgan fingerprint density at radius 2 is 1.73 bits per heavy atom. The Bertz CT molecular complexity index is 1410. The number of nitro groups is 1. The summed E-state index contributed by atoms with van der Waals surface area (Å²) in [6.07, 6.45) is 0. The Balaban J connectivity index is 1.49. The maximum absolute atomic E-state index is 12.4. The van der Waals surface area contributed by atoms with Crippen molar-refractivity contribution in [3.8, 4) is 23.3 Å². The number of esters is 1. The highest BCUT2D eigenvalue weighted by Crippen LogP contribution is 2.43. The van der Waals surface area contributed by atoms with Gasteiger partial charge in [0.15, 0.2) is 6.61 Å². The number of hydrogen-bond donors (Lipinski definition) is 1. The van der Waals surface area contributed by atoms with Crippen LogP contribution in [0.4, 0.5) is 5.69 Å². The van der Waals surface area contributed by atoms with Crippen molar-refractivity contribution in [2.24, 2.45) is 5.73 Å². The molecule has 1 heterocycles. The molecule has 1 aliphatic rings. The van der Waals surface area contributed by atoms with Crippen LogP contribution in [0.5, 0.6) is 17.2 Å². The second-order valence-corrected chi connectivity index (χ2v) is 9.51. The van der Waals surface area contributed by atoms with Gasteiger partial charge in [-0.05, 0) is 34.7 Å². The molecule has 1 unspecified atom stereocenters. The number of non-ortho nitro benzene ring substituents is 1. The molecule has 3 aromatic rings. The first-order valence-electron chi connectivity index (χ1n) is 11.5. The SMILES string of the molecule is CC(C)(C)c1ccc(OCC(=O)Oc2ccc3c(c2)OC(N)=C(C#N)C3c2ccc([N+](=O)[O-])cc2)cc1. The van der Waals surface area contributed by atoms with Gasteiger partial charge in [-0.25, -0.2) is 4.79 Å². The Morgan fingerprint density at radius 1 is 1.08 bits per heavy atom. The van der Waals surface area contributed by atoms with Gasteiger partial charge in [0.1, 0.15) is 28.9 Å². The molecule has 0 aromatic heterocycles. The number of nitriles is 1. The number of nitrogens with zero attached hydrogens (tertiary/aromatic N) is 2. The second kappa shape index (κ2) is 10.0. The van der Waals surface area contributed by atoms with E-state index in [1.807, 2.05) is 12.1 Å². The third-order valence-corrected chi connectivity index (χ3v) is 5.94. The van der Waals surface area contributed by atoms with E-state index < -0.39 is 16.8 Å². The molecule has 2 N–H and O–H groups in total. The van der Waals surface area contributed by atoms with Crippen LogP contribution in [-0.4, -0.2) is 17.5 Å². The zero-order chi connectivity index (χ0) is 26.7. The fraction of sp³-hybridized carbons (Fsp3) is 0.214. The van der Waals surface area contributed by atoms with Crippen LogP contribution in [0.1, 0.15) is 43.4 Å². The van der Waals surface area contributed by atoms with E-state index in [0.29, 0.717) is 22.6 Å². The van der Waals surface area contributed by atoms with Crippen LogP contribution in [0, 0.1) is 21.4 Å². The maximum atomic E-state index is 12.4. The summed E-state index contributed by atoms with van der Waals surface area (Å²) >= 11 is 0. The molecule has 0 saturated carbocycles. The highest BCUT2D eigenvalue weighted by molar-refractivity contribution is 5.74. The maximum Gasteiger partial charge on any atom is 0.349 e. The fourth-order valence-electron chi connectivity index (χ4n) is 3.98. The largest absolute Gasteiger partial charge is 0.482 e. The number of benzene rings is 3. The molecule has 0 spiro atoms. The molecule has 9 heteroatoms. The van der Waals surface area contributed by atoms with Crippen molar-refractivity contribution in [1.82, 2.24) is 0 Å². The van der Waals surface area contributed by atoms with Gasteiger partial charge in [-0.3, -0.25) is 10.1 Å². The molecule has 0 aliphatic carbocycles.